The van der Waals surface area contributed by atoms with Crippen molar-refractivity contribution in [2.75, 3.05) is 6.61 Å². The maximum absolute atomic E-state index is 11.6. The van der Waals surface area contributed by atoms with Crippen molar-refractivity contribution in [3.8, 4) is 0 Å². The van der Waals surface area contributed by atoms with Gasteiger partial charge in [0.1, 0.15) is 0 Å². The Morgan fingerprint density at radius 1 is 1.09 bits per heavy atom. The Labute approximate surface area is 138 Å². The fourth-order valence-electron chi connectivity index (χ4n) is 2.72. The van der Waals surface area contributed by atoms with E-state index in [9.17, 15) is 9.59 Å². The maximum atomic E-state index is 11.6. The van der Waals surface area contributed by atoms with Crippen LogP contribution in [0.2, 0.25) is 0 Å². The molecule has 0 aliphatic heterocycles. The van der Waals surface area contributed by atoms with E-state index < -0.39 is 17.9 Å². The van der Waals surface area contributed by atoms with Gasteiger partial charge >= 0.3 is 11.9 Å². The van der Waals surface area contributed by atoms with Crippen LogP contribution in [0.25, 0.3) is 0 Å². The minimum absolute atomic E-state index is 0.222. The molecule has 0 heterocycles. The van der Waals surface area contributed by atoms with Gasteiger partial charge in [-0.25, -0.2) is 0 Å². The van der Waals surface area contributed by atoms with Gasteiger partial charge in [-0.3, -0.25) is 9.59 Å². The molecule has 0 aliphatic carbocycles. The molecule has 0 saturated carbocycles. The number of hydrogen-bond acceptors (Lipinski definition) is 3. The molecule has 1 aromatic rings. The molecule has 1 aromatic carbocycles. The normalized spacial score (nSPS) is 13.3. The topological polar surface area (TPSA) is 63.6 Å². The van der Waals surface area contributed by atoms with E-state index in [1.807, 2.05) is 6.07 Å². The number of carbonyl (C=O) groups is 2. The van der Waals surface area contributed by atoms with Crippen molar-refractivity contribution in [1.29, 1.82) is 0 Å². The Morgan fingerprint density at radius 3 is 2.35 bits per heavy atom. The van der Waals surface area contributed by atoms with Crippen LogP contribution >= 0.6 is 0 Å². The largest absolute Gasteiger partial charge is 0.481 e. The molecule has 0 amide bonds. The van der Waals surface area contributed by atoms with Crippen molar-refractivity contribution in [2.24, 2.45) is 11.8 Å². The van der Waals surface area contributed by atoms with Gasteiger partial charge in [0.15, 0.2) is 5.92 Å². The van der Waals surface area contributed by atoms with Crippen molar-refractivity contribution in [3.05, 3.63) is 35.9 Å². The van der Waals surface area contributed by atoms with Gasteiger partial charge in [-0.05, 0) is 31.2 Å². The first-order valence-electron chi connectivity index (χ1n) is 8.48. The molecular formula is C19H28O4. The number of hydrogen-bond donors (Lipinski definition) is 1. The van der Waals surface area contributed by atoms with Crippen LogP contribution in [0.1, 0.15) is 51.5 Å². The molecule has 128 valence electrons. The minimum Gasteiger partial charge on any atom is -0.481 e. The second-order valence-electron chi connectivity index (χ2n) is 6.08. The number of carbonyl (C=O) groups excluding carboxylic acids is 1. The number of ether oxygens (including phenoxy) is 1. The van der Waals surface area contributed by atoms with Gasteiger partial charge in [0.25, 0.3) is 0 Å². The van der Waals surface area contributed by atoms with Gasteiger partial charge < -0.3 is 9.84 Å². The molecule has 0 saturated heterocycles. The zero-order chi connectivity index (χ0) is 17.1. The predicted molar refractivity (Wildman–Crippen MR) is 90.2 cm³/mol. The maximum Gasteiger partial charge on any atom is 0.320 e. The zero-order valence-corrected chi connectivity index (χ0v) is 14.2. The Balaban J connectivity index is 2.20. The van der Waals surface area contributed by atoms with E-state index >= 15 is 0 Å². The summed E-state index contributed by atoms with van der Waals surface area (Å²) < 4.78 is 4.81. The van der Waals surface area contributed by atoms with Crippen molar-refractivity contribution in [2.45, 2.75) is 52.4 Å². The third-order valence-corrected chi connectivity index (χ3v) is 3.99. The molecule has 4 heteroatoms. The van der Waals surface area contributed by atoms with Gasteiger partial charge in [0.05, 0.1) is 6.61 Å². The second-order valence-corrected chi connectivity index (χ2v) is 6.08. The Kier molecular flexibility index (Phi) is 9.03. The summed E-state index contributed by atoms with van der Waals surface area (Å²) in [7, 11) is 0. The smallest absolute Gasteiger partial charge is 0.320 e. The summed E-state index contributed by atoms with van der Waals surface area (Å²) in [5.41, 5.74) is 1.35. The van der Waals surface area contributed by atoms with Gasteiger partial charge in [-0.2, -0.15) is 0 Å². The average Bonchev–Trinajstić information content (AvgIpc) is 2.51. The lowest BCUT2D eigenvalue weighted by Gasteiger charge is -2.13. The highest BCUT2D eigenvalue weighted by atomic mass is 16.5. The third kappa shape index (κ3) is 7.82. The first-order chi connectivity index (χ1) is 11.0. The highest BCUT2D eigenvalue weighted by molar-refractivity contribution is 5.93. The van der Waals surface area contributed by atoms with E-state index in [0.29, 0.717) is 12.3 Å². The molecule has 0 aliphatic rings. The van der Waals surface area contributed by atoms with Crippen LogP contribution in [0.3, 0.4) is 0 Å². The van der Waals surface area contributed by atoms with Gasteiger partial charge in [0, 0.05) is 0 Å². The molecule has 1 N–H and O–H groups in total. The lowest BCUT2D eigenvalue weighted by Crippen LogP contribution is -2.25. The number of unbranched alkanes of at least 4 members (excludes halogenated alkanes) is 2. The molecule has 0 spiro atoms. The zero-order valence-electron chi connectivity index (χ0n) is 14.2. The van der Waals surface area contributed by atoms with Gasteiger partial charge in [-0.15, -0.1) is 0 Å². The molecule has 0 aromatic heterocycles. The number of rotatable bonds is 11. The minimum atomic E-state index is -1.08. The number of aliphatic carboxylic acids is 1. The highest BCUT2D eigenvalue weighted by Crippen LogP contribution is 2.18. The fraction of sp³-hybridized carbons (Fsp3) is 0.579. The van der Waals surface area contributed by atoms with E-state index in [0.717, 1.165) is 32.1 Å². The summed E-state index contributed by atoms with van der Waals surface area (Å²) in [4.78, 5) is 22.6. The third-order valence-electron chi connectivity index (χ3n) is 3.99. The summed E-state index contributed by atoms with van der Waals surface area (Å²) in [5.74, 6) is -2.10. The average molecular weight is 320 g/mol. The van der Waals surface area contributed by atoms with Crippen molar-refractivity contribution >= 4 is 11.9 Å². The van der Waals surface area contributed by atoms with Crippen LogP contribution in [0.5, 0.6) is 0 Å². The quantitative estimate of drug-likeness (QED) is 0.379. The molecule has 23 heavy (non-hydrogen) atoms. The van der Waals surface area contributed by atoms with Crippen molar-refractivity contribution in [3.63, 3.8) is 0 Å². The molecule has 0 radical (unpaired) electrons. The first kappa shape index (κ1) is 19.2. The molecule has 2 unspecified atom stereocenters. The number of carboxylic acids is 1. The first-order valence-corrected chi connectivity index (χ1v) is 8.48. The Bertz CT molecular complexity index is 470. The number of benzene rings is 1. The van der Waals surface area contributed by atoms with Crippen LogP contribution in [-0.2, 0) is 20.7 Å². The van der Waals surface area contributed by atoms with Crippen LogP contribution in [-0.4, -0.2) is 23.7 Å². The van der Waals surface area contributed by atoms with Crippen molar-refractivity contribution < 1.29 is 19.4 Å². The van der Waals surface area contributed by atoms with Crippen LogP contribution in [0, 0.1) is 11.8 Å². The highest BCUT2D eigenvalue weighted by Gasteiger charge is 2.26. The van der Waals surface area contributed by atoms with E-state index in [4.69, 9.17) is 9.84 Å². The Hall–Kier alpha value is -1.84. The molecule has 2 atom stereocenters. The van der Waals surface area contributed by atoms with Crippen LogP contribution in [0.4, 0.5) is 0 Å². The van der Waals surface area contributed by atoms with Crippen LogP contribution < -0.4 is 0 Å². The summed E-state index contributed by atoms with van der Waals surface area (Å²) in [6, 6.07) is 10.4. The van der Waals surface area contributed by atoms with Crippen LogP contribution in [0.15, 0.2) is 30.3 Å². The van der Waals surface area contributed by atoms with Crippen molar-refractivity contribution in [1.82, 2.24) is 0 Å². The monoisotopic (exact) mass is 320 g/mol. The lowest BCUT2D eigenvalue weighted by molar-refractivity contribution is -0.158. The molecular weight excluding hydrogens is 292 g/mol. The molecule has 1 rings (SSSR count). The van der Waals surface area contributed by atoms with E-state index in [1.54, 1.807) is 6.92 Å². The SMILES string of the molecule is CCOC(=O)C(CCCCCC(C)Cc1ccccc1)C(=O)O. The van der Waals surface area contributed by atoms with E-state index in [2.05, 4.69) is 31.2 Å². The Morgan fingerprint density at radius 2 is 1.74 bits per heavy atom. The molecule has 4 nitrogen and oxygen atoms in total. The second kappa shape index (κ2) is 10.8. The number of esters is 1. The molecule has 0 bridgehead atoms. The number of carboxylic acid groups (broad SMARTS) is 1. The summed E-state index contributed by atoms with van der Waals surface area (Å²) in [5, 5.41) is 9.08. The van der Waals surface area contributed by atoms with Gasteiger partial charge in [-0.1, -0.05) is 62.9 Å². The summed E-state index contributed by atoms with van der Waals surface area (Å²) in [6.07, 6.45) is 5.30. The summed E-state index contributed by atoms with van der Waals surface area (Å²) in [6.45, 7) is 4.15. The van der Waals surface area contributed by atoms with Gasteiger partial charge in [0.2, 0.25) is 0 Å². The molecule has 0 fully saturated rings. The van der Waals surface area contributed by atoms with E-state index in [1.165, 1.54) is 5.56 Å². The van der Waals surface area contributed by atoms with E-state index in [-0.39, 0.29) is 6.61 Å². The predicted octanol–water partition coefficient (Wildman–Crippen LogP) is 4.08. The standard InChI is InChI=1S/C19H28O4/c1-3-23-19(22)17(18(20)21)13-9-4-6-10-15(2)14-16-11-7-5-8-12-16/h5,7-8,11-12,15,17H,3-4,6,9-10,13-14H2,1-2H3,(H,20,21). The lowest BCUT2D eigenvalue weighted by atomic mass is 9.94. The fourth-order valence-corrected chi connectivity index (χ4v) is 2.72. The summed E-state index contributed by atoms with van der Waals surface area (Å²) >= 11 is 0.